The molecule has 1 aliphatic heterocycles. The van der Waals surface area contributed by atoms with Gasteiger partial charge >= 0.3 is 0 Å². The quantitative estimate of drug-likeness (QED) is 0.728. The van der Waals surface area contributed by atoms with Gasteiger partial charge in [0.25, 0.3) is 5.92 Å². The van der Waals surface area contributed by atoms with Crippen LogP contribution >= 0.6 is 15.9 Å². The van der Waals surface area contributed by atoms with Crippen molar-refractivity contribution in [2.75, 3.05) is 31.6 Å². The predicted molar refractivity (Wildman–Crippen MR) is 79.5 cm³/mol. The molecule has 20 heavy (non-hydrogen) atoms. The van der Waals surface area contributed by atoms with Gasteiger partial charge in [-0.2, -0.15) is 8.78 Å². The maximum absolute atomic E-state index is 14.2. The van der Waals surface area contributed by atoms with E-state index in [1.54, 1.807) is 18.2 Å². The lowest BCUT2D eigenvalue weighted by Gasteiger charge is -2.34. The molecule has 0 saturated carbocycles. The molecular weight excluding hydrogens is 328 g/mol. The molecule has 0 amide bonds. The summed E-state index contributed by atoms with van der Waals surface area (Å²) in [6.07, 6.45) is 1.88. The first-order chi connectivity index (χ1) is 9.62. The Kier molecular flexibility index (Phi) is 5.93. The van der Waals surface area contributed by atoms with Gasteiger partial charge in [0.1, 0.15) is 0 Å². The van der Waals surface area contributed by atoms with Crippen LogP contribution in [0.15, 0.2) is 30.3 Å². The number of hydrogen-bond donors (Lipinski definition) is 0. The van der Waals surface area contributed by atoms with Crippen LogP contribution in [0.1, 0.15) is 18.4 Å². The van der Waals surface area contributed by atoms with Crippen molar-refractivity contribution in [2.24, 2.45) is 0 Å². The first-order valence-corrected chi connectivity index (χ1v) is 8.07. The highest BCUT2D eigenvalue weighted by Crippen LogP contribution is 2.30. The van der Waals surface area contributed by atoms with Gasteiger partial charge in [-0.15, -0.1) is 0 Å². The fraction of sp³-hybridized carbons (Fsp3) is 0.600. The lowest BCUT2D eigenvalue weighted by molar-refractivity contribution is -0.0570. The number of nitrogens with zero attached hydrogens (tertiary/aromatic N) is 1. The summed E-state index contributed by atoms with van der Waals surface area (Å²) in [7, 11) is 0. The first kappa shape index (κ1) is 15.9. The number of hydrogen-bond acceptors (Lipinski definition) is 2. The Morgan fingerprint density at radius 2 is 1.85 bits per heavy atom. The van der Waals surface area contributed by atoms with Crippen LogP contribution in [0, 0.1) is 0 Å². The Hall–Kier alpha value is -0.520. The minimum atomic E-state index is -2.79. The SMILES string of the molecule is FC(F)(CN1CCC(OCCBr)CC1)c1ccccc1. The molecule has 1 heterocycles. The molecule has 1 aliphatic rings. The van der Waals surface area contributed by atoms with Crippen molar-refractivity contribution in [3.05, 3.63) is 35.9 Å². The van der Waals surface area contributed by atoms with Crippen molar-refractivity contribution in [3.8, 4) is 0 Å². The van der Waals surface area contributed by atoms with Crippen molar-refractivity contribution in [2.45, 2.75) is 24.9 Å². The fourth-order valence-corrected chi connectivity index (χ4v) is 2.69. The van der Waals surface area contributed by atoms with Gasteiger partial charge in [0, 0.05) is 24.0 Å². The molecule has 0 radical (unpaired) electrons. The monoisotopic (exact) mass is 347 g/mol. The highest BCUT2D eigenvalue weighted by atomic mass is 79.9. The van der Waals surface area contributed by atoms with E-state index in [1.165, 1.54) is 12.1 Å². The van der Waals surface area contributed by atoms with Gasteiger partial charge in [0.15, 0.2) is 0 Å². The molecule has 0 unspecified atom stereocenters. The highest BCUT2D eigenvalue weighted by Gasteiger charge is 2.35. The molecular formula is C15H20BrF2NO. The van der Waals surface area contributed by atoms with Gasteiger partial charge in [-0.1, -0.05) is 46.3 Å². The van der Waals surface area contributed by atoms with E-state index in [0.717, 1.165) is 18.2 Å². The average Bonchev–Trinajstić information content (AvgIpc) is 2.47. The molecule has 2 rings (SSSR count). The van der Waals surface area contributed by atoms with E-state index in [1.807, 2.05) is 4.90 Å². The van der Waals surface area contributed by atoms with Gasteiger partial charge in [0.2, 0.25) is 0 Å². The summed E-state index contributed by atoms with van der Waals surface area (Å²) >= 11 is 3.32. The minimum Gasteiger partial charge on any atom is -0.377 e. The molecule has 0 N–H and O–H groups in total. The molecule has 0 aliphatic carbocycles. The maximum atomic E-state index is 14.2. The zero-order valence-corrected chi connectivity index (χ0v) is 13.0. The van der Waals surface area contributed by atoms with E-state index < -0.39 is 5.92 Å². The average molecular weight is 348 g/mol. The number of likely N-dealkylation sites (tertiary alicyclic amines) is 1. The second-order valence-electron chi connectivity index (χ2n) is 5.11. The summed E-state index contributed by atoms with van der Waals surface area (Å²) in [5.41, 5.74) is 0.0951. The van der Waals surface area contributed by atoms with Crippen molar-refractivity contribution in [1.82, 2.24) is 4.90 Å². The number of alkyl halides is 3. The molecule has 0 aromatic heterocycles. The minimum absolute atomic E-state index is 0.0951. The second kappa shape index (κ2) is 7.48. The van der Waals surface area contributed by atoms with Crippen LogP contribution < -0.4 is 0 Å². The fourth-order valence-electron chi connectivity index (χ4n) is 2.50. The van der Waals surface area contributed by atoms with E-state index >= 15 is 0 Å². The number of ether oxygens (including phenoxy) is 1. The van der Waals surface area contributed by atoms with Crippen molar-refractivity contribution < 1.29 is 13.5 Å². The number of benzene rings is 1. The molecule has 112 valence electrons. The van der Waals surface area contributed by atoms with Crippen LogP contribution in [-0.4, -0.2) is 42.6 Å². The zero-order chi connectivity index (χ0) is 14.4. The van der Waals surface area contributed by atoms with Gasteiger partial charge in [-0.3, -0.25) is 4.90 Å². The maximum Gasteiger partial charge on any atom is 0.285 e. The third-order valence-electron chi connectivity index (χ3n) is 3.58. The van der Waals surface area contributed by atoms with Crippen molar-refractivity contribution >= 4 is 15.9 Å². The normalized spacial score (nSPS) is 18.4. The third kappa shape index (κ3) is 4.50. The molecule has 1 saturated heterocycles. The molecule has 0 spiro atoms. The third-order valence-corrected chi connectivity index (χ3v) is 3.91. The first-order valence-electron chi connectivity index (χ1n) is 6.95. The van der Waals surface area contributed by atoms with Crippen LogP contribution in [0.4, 0.5) is 8.78 Å². The largest absolute Gasteiger partial charge is 0.377 e. The standard InChI is InChI=1S/C15H20BrF2NO/c16-8-11-20-14-6-9-19(10-7-14)12-15(17,18)13-4-2-1-3-5-13/h1-5,14H,6-12H2. The summed E-state index contributed by atoms with van der Waals surface area (Å²) in [5.74, 6) is -2.79. The number of halogens is 3. The Morgan fingerprint density at radius 1 is 1.20 bits per heavy atom. The van der Waals surface area contributed by atoms with Crippen molar-refractivity contribution in [3.63, 3.8) is 0 Å². The molecule has 1 fully saturated rings. The van der Waals surface area contributed by atoms with Gasteiger partial charge in [0.05, 0.1) is 19.3 Å². The van der Waals surface area contributed by atoms with Crippen LogP contribution in [0.5, 0.6) is 0 Å². The highest BCUT2D eigenvalue weighted by molar-refractivity contribution is 9.09. The van der Waals surface area contributed by atoms with Crippen LogP contribution in [0.3, 0.4) is 0 Å². The number of rotatable bonds is 6. The summed E-state index contributed by atoms with van der Waals surface area (Å²) in [6.45, 7) is 1.83. The van der Waals surface area contributed by atoms with Gasteiger partial charge < -0.3 is 4.74 Å². The summed E-state index contributed by atoms with van der Waals surface area (Å²) in [5, 5.41) is 0.819. The molecule has 1 aromatic carbocycles. The Balaban J connectivity index is 1.83. The molecule has 1 aromatic rings. The van der Waals surface area contributed by atoms with E-state index in [9.17, 15) is 8.78 Å². The Morgan fingerprint density at radius 3 is 2.45 bits per heavy atom. The molecule has 0 atom stereocenters. The second-order valence-corrected chi connectivity index (χ2v) is 5.90. The lowest BCUT2D eigenvalue weighted by atomic mass is 10.0. The van der Waals surface area contributed by atoms with Crippen LogP contribution in [0.2, 0.25) is 0 Å². The van der Waals surface area contributed by atoms with Crippen LogP contribution in [-0.2, 0) is 10.7 Å². The van der Waals surface area contributed by atoms with E-state index in [-0.39, 0.29) is 18.2 Å². The molecule has 0 bridgehead atoms. The van der Waals surface area contributed by atoms with E-state index in [2.05, 4.69) is 15.9 Å². The molecule has 5 heteroatoms. The summed E-state index contributed by atoms with van der Waals surface area (Å²) in [4.78, 5) is 1.83. The van der Waals surface area contributed by atoms with Gasteiger partial charge in [-0.25, -0.2) is 0 Å². The molecule has 2 nitrogen and oxygen atoms in total. The van der Waals surface area contributed by atoms with Gasteiger partial charge in [-0.05, 0) is 12.8 Å². The van der Waals surface area contributed by atoms with E-state index in [4.69, 9.17) is 4.74 Å². The van der Waals surface area contributed by atoms with E-state index in [0.29, 0.717) is 19.7 Å². The van der Waals surface area contributed by atoms with Crippen molar-refractivity contribution in [1.29, 1.82) is 0 Å². The Bertz CT molecular complexity index is 394. The predicted octanol–water partition coefficient (Wildman–Crippen LogP) is 3.65. The lowest BCUT2D eigenvalue weighted by Crippen LogP contribution is -2.42. The summed E-state index contributed by atoms with van der Waals surface area (Å²) < 4.78 is 34.0. The smallest absolute Gasteiger partial charge is 0.285 e. The topological polar surface area (TPSA) is 12.5 Å². The number of piperidine rings is 1. The Labute approximate surface area is 127 Å². The summed E-state index contributed by atoms with van der Waals surface area (Å²) in [6, 6.07) is 8.05. The zero-order valence-electron chi connectivity index (χ0n) is 11.4. The van der Waals surface area contributed by atoms with Crippen LogP contribution in [0.25, 0.3) is 0 Å².